The molecule has 0 unspecified atom stereocenters. The number of Topliss-reactive ketones (excluding diaryl/α,β-unsaturated/α-hetero) is 2. The molecule has 0 saturated carbocycles. The van der Waals surface area contributed by atoms with E-state index in [1.54, 1.807) is 20.8 Å². The van der Waals surface area contributed by atoms with E-state index >= 15 is 0 Å². The average molecular weight is 218 g/mol. The molecule has 0 aliphatic rings. The minimum absolute atomic E-state index is 0.205. The van der Waals surface area contributed by atoms with Crippen molar-refractivity contribution in [3.63, 3.8) is 0 Å². The largest absolute Gasteiger partial charge is 0.290 e. The van der Waals surface area contributed by atoms with E-state index < -0.39 is 5.41 Å². The van der Waals surface area contributed by atoms with Crippen molar-refractivity contribution in [1.82, 2.24) is 0 Å². The molecular formula is C14H18O2. The van der Waals surface area contributed by atoms with Crippen molar-refractivity contribution >= 4 is 11.6 Å². The first-order valence-corrected chi connectivity index (χ1v) is 5.44. The predicted molar refractivity (Wildman–Crippen MR) is 64.4 cm³/mol. The van der Waals surface area contributed by atoms with Gasteiger partial charge in [0.2, 0.25) is 11.6 Å². The summed E-state index contributed by atoms with van der Waals surface area (Å²) in [5, 5.41) is 0. The standard InChI is InChI=1S/C14H18O2/c1-10-5-7-11(8-6-10)9-12(15)13(16)14(2,3)4/h5-8H,9H2,1-4H3. The van der Waals surface area contributed by atoms with E-state index in [9.17, 15) is 9.59 Å². The number of aryl methyl sites for hydroxylation is 1. The summed E-state index contributed by atoms with van der Waals surface area (Å²) in [5.41, 5.74) is 1.47. The van der Waals surface area contributed by atoms with Crippen molar-refractivity contribution in [1.29, 1.82) is 0 Å². The highest BCUT2D eigenvalue weighted by molar-refractivity contribution is 6.39. The summed E-state index contributed by atoms with van der Waals surface area (Å²) in [7, 11) is 0. The van der Waals surface area contributed by atoms with Crippen LogP contribution in [0.2, 0.25) is 0 Å². The fourth-order valence-electron chi connectivity index (χ4n) is 1.39. The number of benzene rings is 1. The minimum atomic E-state index is -0.582. The van der Waals surface area contributed by atoms with Gasteiger partial charge in [-0.05, 0) is 12.5 Å². The summed E-state index contributed by atoms with van der Waals surface area (Å²) in [6.07, 6.45) is 0.205. The van der Waals surface area contributed by atoms with Crippen molar-refractivity contribution in [2.24, 2.45) is 5.41 Å². The number of carbonyl (C=O) groups is 2. The van der Waals surface area contributed by atoms with Gasteiger partial charge in [-0.25, -0.2) is 0 Å². The van der Waals surface area contributed by atoms with Crippen LogP contribution in [0.15, 0.2) is 24.3 Å². The summed E-state index contributed by atoms with van der Waals surface area (Å²) in [5.74, 6) is -0.607. The monoisotopic (exact) mass is 218 g/mol. The normalized spacial score (nSPS) is 11.2. The number of rotatable bonds is 3. The van der Waals surface area contributed by atoms with E-state index in [0.29, 0.717) is 0 Å². The van der Waals surface area contributed by atoms with Gasteiger partial charge in [-0.1, -0.05) is 50.6 Å². The lowest BCUT2D eigenvalue weighted by molar-refractivity contribution is -0.140. The Morgan fingerprint density at radius 2 is 1.56 bits per heavy atom. The van der Waals surface area contributed by atoms with E-state index in [1.165, 1.54) is 0 Å². The second-order valence-electron chi connectivity index (χ2n) is 5.16. The highest BCUT2D eigenvalue weighted by atomic mass is 16.2. The van der Waals surface area contributed by atoms with Gasteiger partial charge >= 0.3 is 0 Å². The number of ketones is 2. The topological polar surface area (TPSA) is 34.1 Å². The average Bonchev–Trinajstić information content (AvgIpc) is 2.19. The highest BCUT2D eigenvalue weighted by Gasteiger charge is 2.27. The SMILES string of the molecule is Cc1ccc(CC(=O)C(=O)C(C)(C)C)cc1. The van der Waals surface area contributed by atoms with Gasteiger partial charge in [-0.15, -0.1) is 0 Å². The van der Waals surface area contributed by atoms with Crippen LogP contribution in [0, 0.1) is 12.3 Å². The van der Waals surface area contributed by atoms with Gasteiger partial charge in [-0.3, -0.25) is 9.59 Å². The maximum Gasteiger partial charge on any atom is 0.204 e. The number of hydrogen-bond acceptors (Lipinski definition) is 2. The maximum atomic E-state index is 11.7. The van der Waals surface area contributed by atoms with Crippen molar-refractivity contribution in [3.8, 4) is 0 Å². The molecule has 0 bridgehead atoms. The summed E-state index contributed by atoms with van der Waals surface area (Å²) in [6, 6.07) is 7.68. The molecule has 0 heterocycles. The molecule has 0 amide bonds. The Morgan fingerprint density at radius 3 is 2.00 bits per heavy atom. The first-order valence-electron chi connectivity index (χ1n) is 5.44. The summed E-state index contributed by atoms with van der Waals surface area (Å²) in [6.45, 7) is 7.29. The molecule has 0 radical (unpaired) electrons. The Hall–Kier alpha value is -1.44. The maximum absolute atomic E-state index is 11.7. The van der Waals surface area contributed by atoms with Crippen LogP contribution in [0.4, 0.5) is 0 Å². The van der Waals surface area contributed by atoms with E-state index in [-0.39, 0.29) is 18.0 Å². The Balaban J connectivity index is 2.72. The molecule has 0 atom stereocenters. The molecule has 16 heavy (non-hydrogen) atoms. The van der Waals surface area contributed by atoms with Gasteiger partial charge in [0.25, 0.3) is 0 Å². The molecule has 1 aromatic rings. The van der Waals surface area contributed by atoms with Crippen LogP contribution >= 0.6 is 0 Å². The third kappa shape index (κ3) is 3.30. The van der Waals surface area contributed by atoms with Crippen LogP contribution < -0.4 is 0 Å². The van der Waals surface area contributed by atoms with Crippen LogP contribution in [0.25, 0.3) is 0 Å². The third-order valence-electron chi connectivity index (χ3n) is 2.42. The fourth-order valence-corrected chi connectivity index (χ4v) is 1.39. The second kappa shape index (κ2) is 4.60. The van der Waals surface area contributed by atoms with Gasteiger partial charge in [0, 0.05) is 11.8 Å². The molecule has 1 aromatic carbocycles. The Morgan fingerprint density at radius 1 is 1.06 bits per heavy atom. The minimum Gasteiger partial charge on any atom is -0.290 e. The van der Waals surface area contributed by atoms with Crippen molar-refractivity contribution in [2.75, 3.05) is 0 Å². The molecule has 0 aliphatic heterocycles. The van der Waals surface area contributed by atoms with Crippen LogP contribution in [-0.4, -0.2) is 11.6 Å². The van der Waals surface area contributed by atoms with Gasteiger partial charge in [0.05, 0.1) is 0 Å². The lowest BCUT2D eigenvalue weighted by Gasteiger charge is -2.15. The van der Waals surface area contributed by atoms with Crippen LogP contribution in [-0.2, 0) is 16.0 Å². The summed E-state index contributed by atoms with van der Waals surface area (Å²) >= 11 is 0. The molecule has 0 fully saturated rings. The van der Waals surface area contributed by atoms with Crippen LogP contribution in [0.5, 0.6) is 0 Å². The van der Waals surface area contributed by atoms with E-state index in [1.807, 2.05) is 31.2 Å². The zero-order valence-corrected chi connectivity index (χ0v) is 10.3. The molecule has 86 valence electrons. The predicted octanol–water partition coefficient (Wildman–Crippen LogP) is 2.72. The summed E-state index contributed by atoms with van der Waals surface area (Å²) < 4.78 is 0. The zero-order chi connectivity index (χ0) is 12.3. The Kier molecular flexibility index (Phi) is 3.63. The number of carbonyl (C=O) groups excluding carboxylic acids is 2. The quantitative estimate of drug-likeness (QED) is 0.731. The van der Waals surface area contributed by atoms with E-state index in [4.69, 9.17) is 0 Å². The zero-order valence-electron chi connectivity index (χ0n) is 10.3. The summed E-state index contributed by atoms with van der Waals surface area (Å²) in [4.78, 5) is 23.4. The van der Waals surface area contributed by atoms with Crippen molar-refractivity contribution < 1.29 is 9.59 Å². The first kappa shape index (κ1) is 12.6. The van der Waals surface area contributed by atoms with Gasteiger partial charge < -0.3 is 0 Å². The highest BCUT2D eigenvalue weighted by Crippen LogP contribution is 2.16. The van der Waals surface area contributed by atoms with Gasteiger partial charge in [0.1, 0.15) is 0 Å². The molecule has 2 nitrogen and oxygen atoms in total. The molecule has 0 aliphatic carbocycles. The number of hydrogen-bond donors (Lipinski definition) is 0. The van der Waals surface area contributed by atoms with Crippen molar-refractivity contribution in [2.45, 2.75) is 34.1 Å². The molecule has 0 saturated heterocycles. The lowest BCUT2D eigenvalue weighted by atomic mass is 9.86. The fraction of sp³-hybridized carbons (Fsp3) is 0.429. The van der Waals surface area contributed by atoms with Crippen LogP contribution in [0.1, 0.15) is 31.9 Å². The van der Waals surface area contributed by atoms with Gasteiger partial charge in [0.15, 0.2) is 0 Å². The molecule has 2 heteroatoms. The van der Waals surface area contributed by atoms with E-state index in [2.05, 4.69) is 0 Å². The van der Waals surface area contributed by atoms with Crippen LogP contribution in [0.3, 0.4) is 0 Å². The Labute approximate surface area is 96.7 Å². The third-order valence-corrected chi connectivity index (χ3v) is 2.42. The Bertz CT molecular complexity index is 394. The molecule has 1 rings (SSSR count). The molecule has 0 N–H and O–H groups in total. The lowest BCUT2D eigenvalue weighted by Crippen LogP contribution is -2.29. The molecule has 0 aromatic heterocycles. The first-order chi connectivity index (χ1) is 7.30. The van der Waals surface area contributed by atoms with Crippen molar-refractivity contribution in [3.05, 3.63) is 35.4 Å². The second-order valence-corrected chi connectivity index (χ2v) is 5.16. The smallest absolute Gasteiger partial charge is 0.204 e. The van der Waals surface area contributed by atoms with E-state index in [0.717, 1.165) is 11.1 Å². The molecular weight excluding hydrogens is 200 g/mol. The van der Waals surface area contributed by atoms with Gasteiger partial charge in [-0.2, -0.15) is 0 Å². The molecule has 0 spiro atoms.